The van der Waals surface area contributed by atoms with E-state index in [0.29, 0.717) is 18.7 Å². The summed E-state index contributed by atoms with van der Waals surface area (Å²) >= 11 is 0. The summed E-state index contributed by atoms with van der Waals surface area (Å²) in [4.78, 5) is 23.5. The molecule has 0 spiro atoms. The van der Waals surface area contributed by atoms with Gasteiger partial charge in [-0.25, -0.2) is 9.18 Å². The zero-order chi connectivity index (χ0) is 17.4. The number of urea groups is 1. The molecule has 0 saturated carbocycles. The zero-order valence-corrected chi connectivity index (χ0v) is 13.3. The number of hydrogen-bond donors (Lipinski definition) is 4. The molecule has 1 aromatic rings. The highest BCUT2D eigenvalue weighted by molar-refractivity contribution is 5.87. The van der Waals surface area contributed by atoms with Crippen molar-refractivity contribution in [1.82, 2.24) is 16.0 Å². The van der Waals surface area contributed by atoms with Crippen molar-refractivity contribution in [3.8, 4) is 5.75 Å². The number of aliphatic hydroxyl groups excluding tert-OH is 1. The number of nitrogens with one attached hydrogen (secondary N) is 3. The molecule has 1 saturated heterocycles. The first-order valence-corrected chi connectivity index (χ1v) is 7.93. The van der Waals surface area contributed by atoms with Crippen molar-refractivity contribution in [2.45, 2.75) is 31.4 Å². The lowest BCUT2D eigenvalue weighted by atomic mass is 10.1. The summed E-state index contributed by atoms with van der Waals surface area (Å²) in [6, 6.07) is 4.48. The predicted molar refractivity (Wildman–Crippen MR) is 85.1 cm³/mol. The van der Waals surface area contributed by atoms with Crippen LogP contribution in [-0.2, 0) is 4.79 Å². The number of halogens is 1. The van der Waals surface area contributed by atoms with Crippen molar-refractivity contribution < 1.29 is 23.8 Å². The summed E-state index contributed by atoms with van der Waals surface area (Å²) < 4.78 is 18.2. The fraction of sp³-hybridized carbons (Fsp3) is 0.500. The molecule has 1 fully saturated rings. The highest BCUT2D eigenvalue weighted by Crippen LogP contribution is 2.12. The number of rotatable bonds is 6. The third kappa shape index (κ3) is 6.04. The van der Waals surface area contributed by atoms with Gasteiger partial charge in [-0.2, -0.15) is 0 Å². The Morgan fingerprint density at radius 3 is 3.08 bits per heavy atom. The van der Waals surface area contributed by atoms with Crippen molar-refractivity contribution in [3.05, 3.63) is 30.1 Å². The van der Waals surface area contributed by atoms with Crippen molar-refractivity contribution in [2.75, 3.05) is 19.7 Å². The molecule has 1 heterocycles. The van der Waals surface area contributed by atoms with Gasteiger partial charge >= 0.3 is 6.03 Å². The van der Waals surface area contributed by atoms with Crippen molar-refractivity contribution in [3.63, 3.8) is 0 Å². The highest BCUT2D eigenvalue weighted by Gasteiger charge is 2.22. The standard InChI is InChI=1S/C16H22FN3O4/c17-11-4-3-5-13(8-11)24-10-12(21)9-19-16(23)20-14-6-1-2-7-18-15(14)22/h3-5,8,12,14,21H,1-2,6-7,9-10H2,(H,18,22)(H2,19,20,23). The van der Waals surface area contributed by atoms with E-state index < -0.39 is 24.0 Å². The topological polar surface area (TPSA) is 99.7 Å². The van der Waals surface area contributed by atoms with Gasteiger partial charge < -0.3 is 25.8 Å². The summed E-state index contributed by atoms with van der Waals surface area (Å²) in [5.41, 5.74) is 0. The van der Waals surface area contributed by atoms with Gasteiger partial charge in [-0.1, -0.05) is 6.07 Å². The molecule has 1 aliphatic rings. The molecule has 24 heavy (non-hydrogen) atoms. The zero-order valence-electron chi connectivity index (χ0n) is 13.3. The maximum absolute atomic E-state index is 13.0. The van der Waals surface area contributed by atoms with Crippen LogP contribution in [0.1, 0.15) is 19.3 Å². The van der Waals surface area contributed by atoms with Crippen LogP contribution in [0.25, 0.3) is 0 Å². The number of carbonyl (C=O) groups is 2. The van der Waals surface area contributed by atoms with Gasteiger partial charge in [0.25, 0.3) is 0 Å². The van der Waals surface area contributed by atoms with Crippen LogP contribution in [-0.4, -0.2) is 48.9 Å². The lowest BCUT2D eigenvalue weighted by molar-refractivity contribution is -0.122. The van der Waals surface area contributed by atoms with Gasteiger partial charge in [0.1, 0.15) is 30.3 Å². The Morgan fingerprint density at radius 1 is 1.46 bits per heavy atom. The number of hydrogen-bond acceptors (Lipinski definition) is 4. The molecule has 8 heteroatoms. The van der Waals surface area contributed by atoms with E-state index in [4.69, 9.17) is 4.74 Å². The predicted octanol–water partition coefficient (Wildman–Crippen LogP) is 0.533. The average molecular weight is 339 g/mol. The molecular formula is C16H22FN3O4. The largest absolute Gasteiger partial charge is 0.491 e. The molecule has 3 amide bonds. The molecule has 4 N–H and O–H groups in total. The maximum atomic E-state index is 13.0. The van der Waals surface area contributed by atoms with E-state index in [0.717, 1.165) is 12.8 Å². The lowest BCUT2D eigenvalue weighted by Gasteiger charge is -2.17. The van der Waals surface area contributed by atoms with Crippen LogP contribution < -0.4 is 20.7 Å². The Bertz CT molecular complexity index is 570. The summed E-state index contributed by atoms with van der Waals surface area (Å²) in [7, 11) is 0. The Morgan fingerprint density at radius 2 is 2.29 bits per heavy atom. The van der Waals surface area contributed by atoms with Gasteiger partial charge in [-0.3, -0.25) is 4.79 Å². The van der Waals surface area contributed by atoms with E-state index in [-0.39, 0.29) is 19.1 Å². The normalized spacial score (nSPS) is 18.9. The second kappa shape index (κ2) is 9.07. The van der Waals surface area contributed by atoms with Crippen LogP contribution in [0.3, 0.4) is 0 Å². The minimum absolute atomic E-state index is 0.0461. The summed E-state index contributed by atoms with van der Waals surface area (Å²) in [5.74, 6) is -0.326. The molecule has 0 aromatic heterocycles. The minimum atomic E-state index is -0.957. The number of carbonyl (C=O) groups excluding carboxylic acids is 2. The van der Waals surface area contributed by atoms with E-state index in [1.807, 2.05) is 0 Å². The molecule has 0 radical (unpaired) electrons. The van der Waals surface area contributed by atoms with Gasteiger partial charge in [0.2, 0.25) is 5.91 Å². The van der Waals surface area contributed by atoms with Crippen LogP contribution in [0.4, 0.5) is 9.18 Å². The van der Waals surface area contributed by atoms with Crippen LogP contribution in [0, 0.1) is 5.82 Å². The second-order valence-electron chi connectivity index (χ2n) is 5.62. The Hall–Kier alpha value is -2.35. The maximum Gasteiger partial charge on any atom is 0.315 e. The lowest BCUT2D eigenvalue weighted by Crippen LogP contribution is -2.50. The van der Waals surface area contributed by atoms with Crippen molar-refractivity contribution >= 4 is 11.9 Å². The minimum Gasteiger partial charge on any atom is -0.491 e. The number of benzene rings is 1. The number of ether oxygens (including phenoxy) is 1. The fourth-order valence-corrected chi connectivity index (χ4v) is 2.30. The Labute approximate surface area is 139 Å². The second-order valence-corrected chi connectivity index (χ2v) is 5.62. The third-order valence-electron chi connectivity index (χ3n) is 3.58. The highest BCUT2D eigenvalue weighted by atomic mass is 19.1. The third-order valence-corrected chi connectivity index (χ3v) is 3.58. The van der Waals surface area contributed by atoms with Crippen LogP contribution in [0.2, 0.25) is 0 Å². The summed E-state index contributed by atoms with van der Waals surface area (Å²) in [6.07, 6.45) is 1.38. The van der Waals surface area contributed by atoms with E-state index in [2.05, 4.69) is 16.0 Å². The van der Waals surface area contributed by atoms with Gasteiger partial charge in [-0.05, 0) is 31.4 Å². The van der Waals surface area contributed by atoms with Crippen molar-refractivity contribution in [1.29, 1.82) is 0 Å². The summed E-state index contributed by atoms with van der Waals surface area (Å²) in [6.45, 7) is 0.484. The molecule has 0 bridgehead atoms. The first kappa shape index (κ1) is 18.0. The van der Waals surface area contributed by atoms with Crippen LogP contribution in [0.5, 0.6) is 5.75 Å². The van der Waals surface area contributed by atoms with Crippen LogP contribution >= 0.6 is 0 Å². The van der Waals surface area contributed by atoms with E-state index in [1.165, 1.54) is 18.2 Å². The summed E-state index contributed by atoms with van der Waals surface area (Å²) in [5, 5.41) is 17.6. The quantitative estimate of drug-likeness (QED) is 0.608. The smallest absolute Gasteiger partial charge is 0.315 e. The van der Waals surface area contributed by atoms with E-state index in [1.54, 1.807) is 6.07 Å². The first-order valence-electron chi connectivity index (χ1n) is 7.93. The molecule has 2 rings (SSSR count). The SMILES string of the molecule is O=C(NCC(O)COc1cccc(F)c1)NC1CCCCNC1=O. The van der Waals surface area contributed by atoms with Crippen LogP contribution in [0.15, 0.2) is 24.3 Å². The molecule has 132 valence electrons. The molecule has 0 aliphatic carbocycles. The first-order chi connectivity index (χ1) is 11.5. The molecule has 1 aliphatic heterocycles. The Balaban J connectivity index is 1.68. The fourth-order valence-electron chi connectivity index (χ4n) is 2.30. The van der Waals surface area contributed by atoms with Gasteiger partial charge in [0, 0.05) is 19.2 Å². The molecule has 7 nitrogen and oxygen atoms in total. The van der Waals surface area contributed by atoms with E-state index in [9.17, 15) is 19.1 Å². The van der Waals surface area contributed by atoms with E-state index >= 15 is 0 Å². The van der Waals surface area contributed by atoms with Gasteiger partial charge in [-0.15, -0.1) is 0 Å². The molecule has 2 unspecified atom stereocenters. The monoisotopic (exact) mass is 339 g/mol. The average Bonchev–Trinajstić information content (AvgIpc) is 2.76. The van der Waals surface area contributed by atoms with Crippen molar-refractivity contribution in [2.24, 2.45) is 0 Å². The van der Waals surface area contributed by atoms with Gasteiger partial charge in [0.15, 0.2) is 0 Å². The number of aliphatic hydroxyl groups is 1. The van der Waals surface area contributed by atoms with Gasteiger partial charge in [0.05, 0.1) is 0 Å². The molecule has 2 atom stereocenters. The Kier molecular flexibility index (Phi) is 6.80. The molecular weight excluding hydrogens is 317 g/mol. The molecule has 1 aromatic carbocycles. The number of amides is 3.